The van der Waals surface area contributed by atoms with Crippen molar-refractivity contribution in [3.63, 3.8) is 0 Å². The average Bonchev–Trinajstić information content (AvgIpc) is 3.04. The minimum absolute atomic E-state index is 0.124. The van der Waals surface area contributed by atoms with Gasteiger partial charge in [-0.05, 0) is 43.5 Å². The molecule has 0 spiro atoms. The lowest BCUT2D eigenvalue weighted by Crippen LogP contribution is -2.30. The Labute approximate surface area is 200 Å². The van der Waals surface area contributed by atoms with Crippen LogP contribution in [0.15, 0.2) is 23.1 Å². The average molecular weight is 480 g/mol. The maximum Gasteiger partial charge on any atom is 0.307 e. The highest BCUT2D eigenvalue weighted by atomic mass is 32.2. The Balaban J connectivity index is 2.03. The van der Waals surface area contributed by atoms with E-state index in [9.17, 15) is 9.59 Å². The fourth-order valence-corrected chi connectivity index (χ4v) is 4.36. The number of thiocarbonyl (C=S) groups is 1. The lowest BCUT2D eigenvalue weighted by Gasteiger charge is -2.14. The number of hydrogen-bond donors (Lipinski definition) is 0. The van der Waals surface area contributed by atoms with Crippen LogP contribution in [-0.2, 0) is 14.3 Å². The number of thioether (sulfide) groups is 1. The van der Waals surface area contributed by atoms with Gasteiger partial charge in [-0.25, -0.2) is 0 Å². The van der Waals surface area contributed by atoms with Crippen molar-refractivity contribution >= 4 is 46.3 Å². The predicted molar refractivity (Wildman–Crippen MR) is 133 cm³/mol. The second-order valence-corrected chi connectivity index (χ2v) is 9.03. The summed E-state index contributed by atoms with van der Waals surface area (Å²) in [7, 11) is 0. The minimum Gasteiger partial charge on any atom is -0.490 e. The number of rotatable bonds is 14. The second-order valence-electron chi connectivity index (χ2n) is 7.35. The van der Waals surface area contributed by atoms with Crippen LogP contribution in [0.4, 0.5) is 0 Å². The molecule has 1 fully saturated rings. The molecule has 0 aliphatic carbocycles. The minimum atomic E-state index is -0.323. The third-order valence-corrected chi connectivity index (χ3v) is 6.08. The maximum atomic E-state index is 12.8. The molecule has 0 aromatic heterocycles. The van der Waals surface area contributed by atoms with E-state index in [2.05, 4.69) is 6.92 Å². The zero-order chi connectivity index (χ0) is 23.3. The van der Waals surface area contributed by atoms with Crippen molar-refractivity contribution in [3.8, 4) is 11.5 Å². The molecular formula is C24H33NO5S2. The Morgan fingerprint density at radius 3 is 2.59 bits per heavy atom. The van der Waals surface area contributed by atoms with E-state index in [-0.39, 0.29) is 24.8 Å². The first kappa shape index (κ1) is 26.2. The molecule has 0 bridgehead atoms. The van der Waals surface area contributed by atoms with Crippen LogP contribution in [0, 0.1) is 0 Å². The monoisotopic (exact) mass is 479 g/mol. The molecule has 0 atom stereocenters. The van der Waals surface area contributed by atoms with Gasteiger partial charge in [0.15, 0.2) is 11.5 Å². The van der Waals surface area contributed by atoms with Crippen LogP contribution in [0.3, 0.4) is 0 Å². The molecule has 1 aromatic rings. The molecule has 6 nitrogen and oxygen atoms in total. The summed E-state index contributed by atoms with van der Waals surface area (Å²) in [4.78, 5) is 26.5. The van der Waals surface area contributed by atoms with E-state index in [0.717, 1.165) is 24.8 Å². The largest absolute Gasteiger partial charge is 0.490 e. The van der Waals surface area contributed by atoms with Gasteiger partial charge in [0.25, 0.3) is 5.91 Å². The summed E-state index contributed by atoms with van der Waals surface area (Å²) in [6, 6.07) is 5.65. The van der Waals surface area contributed by atoms with Crippen LogP contribution in [-0.4, -0.2) is 47.5 Å². The van der Waals surface area contributed by atoms with Crippen LogP contribution >= 0.6 is 24.0 Å². The van der Waals surface area contributed by atoms with Crippen molar-refractivity contribution in [2.45, 2.75) is 59.3 Å². The van der Waals surface area contributed by atoms with Gasteiger partial charge in [0.2, 0.25) is 0 Å². The van der Waals surface area contributed by atoms with Crippen molar-refractivity contribution in [2.75, 3.05) is 26.4 Å². The molecular weight excluding hydrogens is 446 g/mol. The van der Waals surface area contributed by atoms with E-state index < -0.39 is 0 Å². The van der Waals surface area contributed by atoms with Gasteiger partial charge in [-0.2, -0.15) is 0 Å². The van der Waals surface area contributed by atoms with Gasteiger partial charge in [0.1, 0.15) is 4.32 Å². The second kappa shape index (κ2) is 14.2. The zero-order valence-electron chi connectivity index (χ0n) is 19.2. The number of nitrogens with zero attached hydrogens (tertiary/aromatic N) is 1. The van der Waals surface area contributed by atoms with Gasteiger partial charge < -0.3 is 14.2 Å². The molecule has 1 aliphatic rings. The molecule has 2 rings (SSSR count). The van der Waals surface area contributed by atoms with Gasteiger partial charge in [0, 0.05) is 6.54 Å². The summed E-state index contributed by atoms with van der Waals surface area (Å²) in [6.45, 7) is 7.82. The van der Waals surface area contributed by atoms with Crippen molar-refractivity contribution in [2.24, 2.45) is 0 Å². The molecule has 0 saturated carbocycles. The number of hydrogen-bond acceptors (Lipinski definition) is 7. The number of carbonyl (C=O) groups excluding carboxylic acids is 2. The molecule has 1 aliphatic heterocycles. The molecule has 8 heteroatoms. The Bertz CT molecular complexity index is 825. The van der Waals surface area contributed by atoms with E-state index in [1.807, 2.05) is 32.0 Å². The van der Waals surface area contributed by atoms with E-state index in [1.165, 1.54) is 29.5 Å². The Hall–Kier alpha value is -2.06. The lowest BCUT2D eigenvalue weighted by molar-refractivity contribution is -0.143. The highest BCUT2D eigenvalue weighted by Crippen LogP contribution is 2.35. The van der Waals surface area contributed by atoms with Gasteiger partial charge in [0.05, 0.1) is 31.1 Å². The summed E-state index contributed by atoms with van der Waals surface area (Å²) in [5, 5.41) is 0. The fourth-order valence-electron chi connectivity index (χ4n) is 3.05. The van der Waals surface area contributed by atoms with Crippen molar-refractivity contribution in [1.82, 2.24) is 4.90 Å². The Morgan fingerprint density at radius 1 is 1.06 bits per heavy atom. The van der Waals surface area contributed by atoms with Gasteiger partial charge in [-0.1, -0.05) is 63.2 Å². The van der Waals surface area contributed by atoms with Crippen LogP contribution in [0.2, 0.25) is 0 Å². The molecule has 0 N–H and O–H groups in total. The van der Waals surface area contributed by atoms with Crippen LogP contribution in [0.5, 0.6) is 11.5 Å². The molecule has 0 radical (unpaired) electrons. The molecule has 1 heterocycles. The summed E-state index contributed by atoms with van der Waals surface area (Å²) in [6.07, 6.45) is 7.24. The first-order valence-corrected chi connectivity index (χ1v) is 12.5. The quantitative estimate of drug-likeness (QED) is 0.149. The zero-order valence-corrected chi connectivity index (χ0v) is 20.8. The van der Waals surface area contributed by atoms with Crippen LogP contribution < -0.4 is 9.47 Å². The summed E-state index contributed by atoms with van der Waals surface area (Å²) in [5.41, 5.74) is 0.828. The van der Waals surface area contributed by atoms with Crippen molar-refractivity contribution in [1.29, 1.82) is 0 Å². The number of benzene rings is 1. The van der Waals surface area contributed by atoms with E-state index in [4.69, 9.17) is 26.4 Å². The number of ether oxygens (including phenoxy) is 3. The molecule has 1 aromatic carbocycles. The number of carbonyl (C=O) groups is 2. The van der Waals surface area contributed by atoms with Gasteiger partial charge in [-0.15, -0.1) is 0 Å². The van der Waals surface area contributed by atoms with E-state index in [1.54, 1.807) is 6.08 Å². The molecule has 32 heavy (non-hydrogen) atoms. The molecule has 176 valence electrons. The summed E-state index contributed by atoms with van der Waals surface area (Å²) in [5.74, 6) is 0.846. The third-order valence-electron chi connectivity index (χ3n) is 4.70. The molecule has 0 unspecified atom stereocenters. The topological polar surface area (TPSA) is 65.1 Å². The van der Waals surface area contributed by atoms with E-state index in [0.29, 0.717) is 40.5 Å². The van der Waals surface area contributed by atoms with Crippen molar-refractivity contribution in [3.05, 3.63) is 28.7 Å². The molecule has 1 amide bonds. The van der Waals surface area contributed by atoms with Gasteiger partial charge in [-0.3, -0.25) is 14.5 Å². The summed E-state index contributed by atoms with van der Waals surface area (Å²) >= 11 is 6.58. The van der Waals surface area contributed by atoms with E-state index >= 15 is 0 Å². The first-order chi connectivity index (χ1) is 15.5. The SMILES string of the molecule is CCCCCCOc1ccc(/C=C2\SC(=S)N(CCC(=O)OCCC)C2=O)cc1OCC. The highest BCUT2D eigenvalue weighted by molar-refractivity contribution is 8.26. The number of esters is 1. The normalized spacial score (nSPS) is 14.8. The molecule has 1 saturated heterocycles. The Kier molecular flexibility index (Phi) is 11.6. The smallest absolute Gasteiger partial charge is 0.307 e. The van der Waals surface area contributed by atoms with Crippen molar-refractivity contribution < 1.29 is 23.8 Å². The third kappa shape index (κ3) is 8.13. The highest BCUT2D eigenvalue weighted by Gasteiger charge is 2.32. The van der Waals surface area contributed by atoms with Crippen LogP contribution in [0.1, 0.15) is 64.9 Å². The fraction of sp³-hybridized carbons (Fsp3) is 0.542. The maximum absolute atomic E-state index is 12.8. The van der Waals surface area contributed by atoms with Gasteiger partial charge >= 0.3 is 5.97 Å². The van der Waals surface area contributed by atoms with Crippen LogP contribution in [0.25, 0.3) is 6.08 Å². The standard InChI is InChI=1S/C24H33NO5S2/c1-4-7-8-9-15-29-19-11-10-18(16-20(19)28-6-3)17-21-23(27)25(24(31)32-21)13-12-22(26)30-14-5-2/h10-11,16-17H,4-9,12-15H2,1-3H3/b21-17-. The Morgan fingerprint density at radius 2 is 1.88 bits per heavy atom. The predicted octanol–water partition coefficient (Wildman–Crippen LogP) is 5.59. The first-order valence-electron chi connectivity index (χ1n) is 11.3. The lowest BCUT2D eigenvalue weighted by atomic mass is 10.1. The summed E-state index contributed by atoms with van der Waals surface area (Å²) < 4.78 is 17.2. The number of amides is 1. The number of unbranched alkanes of at least 4 members (excludes halogenated alkanes) is 3.